The zero-order chi connectivity index (χ0) is 3.58. The standard InChI is InChI=1S/Gd.HO3S.Tb/c;1-4(2)3;/h;(H,1,2,3);/q;-1;. The van der Waals surface area contributed by atoms with E-state index in [-0.39, 0.29) is 78.6 Å². The first-order valence-electron chi connectivity index (χ1n) is 0.516. The van der Waals surface area contributed by atoms with Gasteiger partial charge in [0.15, 0.2) is 0 Å². The molecule has 0 rings (SSSR count). The van der Waals surface area contributed by atoms with Crippen LogP contribution in [0.2, 0.25) is 0 Å². The van der Waals surface area contributed by atoms with Crippen LogP contribution in [-0.2, 0) is 19.4 Å². The van der Waals surface area contributed by atoms with Crippen LogP contribution in [0, 0.1) is 78.6 Å². The third kappa shape index (κ3) is 31.3. The molecule has 0 fully saturated rings. The Hall–Kier alpha value is 2.52. The second-order valence-electron chi connectivity index (χ2n) is 0.217. The summed E-state index contributed by atoms with van der Waals surface area (Å²) >= 11 is 0. The molecule has 0 atom stereocenters. The van der Waals surface area contributed by atoms with E-state index in [2.05, 4.69) is 0 Å². The Morgan fingerprint density at radius 3 is 1.33 bits per heavy atom. The maximum absolute atomic E-state index is 8.56. The van der Waals surface area contributed by atoms with Gasteiger partial charge in [-0.05, 0) is 0 Å². The third-order valence-electron chi connectivity index (χ3n) is 0. The van der Waals surface area contributed by atoms with Crippen LogP contribution in [-0.4, -0.2) is 4.55 Å². The van der Waals surface area contributed by atoms with Gasteiger partial charge in [-0.3, -0.25) is 0 Å². The maximum Gasteiger partial charge on any atom is 0.0495 e. The minimum Gasteiger partial charge on any atom is -0.439 e. The Morgan fingerprint density at radius 2 is 1.33 bits per heavy atom. The molecule has 0 aliphatic rings. The van der Waals surface area contributed by atoms with Crippen LogP contribution in [0.15, 0.2) is 0 Å². The average Bonchev–Trinajstić information content (AvgIpc) is 0.811. The fourth-order valence-corrected chi connectivity index (χ4v) is 0. The van der Waals surface area contributed by atoms with Gasteiger partial charge in [-0.2, -0.15) is 0 Å². The summed E-state index contributed by atoms with van der Waals surface area (Å²) in [6.07, 6.45) is 0. The monoisotopic (exact) mass is 398 g/mol. The first kappa shape index (κ1) is 15.8. The van der Waals surface area contributed by atoms with E-state index in [1.807, 2.05) is 0 Å². The molecular formula is HGdO3STb-. The van der Waals surface area contributed by atoms with E-state index in [1.165, 1.54) is 0 Å². The van der Waals surface area contributed by atoms with Gasteiger partial charge < -0.3 is 13.0 Å². The van der Waals surface area contributed by atoms with Crippen LogP contribution in [0.3, 0.4) is 0 Å². The van der Waals surface area contributed by atoms with Gasteiger partial charge in [0.1, 0.15) is 0 Å². The van der Waals surface area contributed by atoms with Crippen molar-refractivity contribution < 1.29 is 91.5 Å². The van der Waals surface area contributed by atoms with Crippen molar-refractivity contribution in [1.29, 1.82) is 0 Å². The van der Waals surface area contributed by atoms with Crippen LogP contribution < -0.4 is 0 Å². The van der Waals surface area contributed by atoms with Crippen molar-refractivity contribution >= 4 is 11.0 Å². The van der Waals surface area contributed by atoms with Gasteiger partial charge in [-0.15, -0.1) is 0 Å². The number of hydrogen-bond acceptors (Lipinski definition) is 3. The van der Waals surface area contributed by atoms with Gasteiger partial charge in [0, 0.05) is 89.5 Å². The summed E-state index contributed by atoms with van der Waals surface area (Å²) in [4.78, 5) is 0. The minimum atomic E-state index is -2.86. The summed E-state index contributed by atoms with van der Waals surface area (Å²) < 4.78 is 24.1. The summed E-state index contributed by atoms with van der Waals surface area (Å²) in [6, 6.07) is 0. The fourth-order valence-electron chi connectivity index (χ4n) is 0. The van der Waals surface area contributed by atoms with E-state index in [1.54, 1.807) is 0 Å². The van der Waals surface area contributed by atoms with E-state index in [9.17, 15) is 0 Å². The molecule has 1 N–H and O–H groups in total. The zero-order valence-electron chi connectivity index (χ0n) is 2.36. The largest absolute Gasteiger partial charge is 0.439 e. The van der Waals surface area contributed by atoms with Crippen LogP contribution in [0.1, 0.15) is 0 Å². The van der Waals surface area contributed by atoms with Gasteiger partial charge in [-0.25, -0.2) is 0 Å². The van der Waals surface area contributed by atoms with Crippen LogP contribution >= 0.6 is 0 Å². The van der Waals surface area contributed by atoms with Gasteiger partial charge in [0.25, 0.3) is 0 Å². The molecule has 0 aliphatic heterocycles. The van der Waals surface area contributed by atoms with E-state index in [0.717, 1.165) is 0 Å². The second-order valence-corrected chi connectivity index (χ2v) is 0.651. The SMILES string of the molecule is O=[S-](=O)O.[Gd].[Tb]. The fraction of sp³-hybridized carbons (Fsp3) is 0. The van der Waals surface area contributed by atoms with Gasteiger partial charge >= 0.3 is 0 Å². The van der Waals surface area contributed by atoms with Crippen molar-refractivity contribution in [2.45, 2.75) is 0 Å². The molecule has 0 spiro atoms. The molecule has 0 saturated heterocycles. The Morgan fingerprint density at radius 1 is 1.33 bits per heavy atom. The number of rotatable bonds is 0. The van der Waals surface area contributed by atoms with E-state index in [4.69, 9.17) is 13.0 Å². The quantitative estimate of drug-likeness (QED) is 0.349. The van der Waals surface area contributed by atoms with Crippen LogP contribution in [0.5, 0.6) is 0 Å². The molecular weight excluding hydrogens is 396 g/mol. The molecule has 0 unspecified atom stereocenters. The normalized spacial score (nSPS) is 5.67. The molecule has 0 aromatic heterocycles. The van der Waals surface area contributed by atoms with Crippen molar-refractivity contribution in [2.75, 3.05) is 0 Å². The van der Waals surface area contributed by atoms with E-state index in [0.29, 0.717) is 0 Å². The van der Waals surface area contributed by atoms with Crippen molar-refractivity contribution in [3.8, 4) is 0 Å². The maximum atomic E-state index is 8.56. The molecule has 0 aromatic carbocycles. The molecule has 0 aromatic rings. The van der Waals surface area contributed by atoms with E-state index < -0.39 is 11.0 Å². The predicted octanol–water partition coefficient (Wildman–Crippen LogP) is -0.231. The molecule has 6 heavy (non-hydrogen) atoms. The van der Waals surface area contributed by atoms with E-state index >= 15 is 0 Å². The smallest absolute Gasteiger partial charge is 0.0495 e. The summed E-state index contributed by atoms with van der Waals surface area (Å²) in [5, 5.41) is 0. The molecule has 0 bridgehead atoms. The predicted molar refractivity (Wildman–Crippen MR) is 11.4 cm³/mol. The van der Waals surface area contributed by atoms with Crippen LogP contribution in [0.25, 0.3) is 0 Å². The first-order valence-corrected chi connectivity index (χ1v) is 1.55. The summed E-state index contributed by atoms with van der Waals surface area (Å²) in [7, 11) is -2.86. The zero-order valence-corrected chi connectivity index (χ0v) is 7.58. The third-order valence-corrected chi connectivity index (χ3v) is 0. The molecule has 1 radical (unpaired) electrons. The van der Waals surface area contributed by atoms with Crippen molar-refractivity contribution in [3.63, 3.8) is 0 Å². The number of hydrogen-bond donors (Lipinski definition) is 1. The first-order chi connectivity index (χ1) is 1.73. The van der Waals surface area contributed by atoms with Crippen molar-refractivity contribution in [3.05, 3.63) is 0 Å². The molecule has 0 heterocycles. The molecule has 6 heteroatoms. The Kier molecular flexibility index (Phi) is 27.7. The molecule has 0 saturated carbocycles. The average molecular weight is 397 g/mol. The Balaban J connectivity index is -0.0000000450. The molecule has 0 amide bonds. The second kappa shape index (κ2) is 10.5. The molecule has 43 valence electrons. The van der Waals surface area contributed by atoms with Crippen LogP contribution in [0.4, 0.5) is 0 Å². The van der Waals surface area contributed by atoms with Gasteiger partial charge in [0.05, 0.1) is 0 Å². The van der Waals surface area contributed by atoms with Gasteiger partial charge in [0.2, 0.25) is 0 Å². The summed E-state index contributed by atoms with van der Waals surface area (Å²) in [6.45, 7) is 0. The summed E-state index contributed by atoms with van der Waals surface area (Å²) in [5.74, 6) is 0. The minimum absolute atomic E-state index is 0. The Labute approximate surface area is 100 Å². The molecule has 0 aliphatic carbocycles. The molecule has 3 nitrogen and oxygen atoms in total. The Bertz CT molecular complexity index is 59.2. The van der Waals surface area contributed by atoms with Crippen molar-refractivity contribution in [2.24, 2.45) is 0 Å². The van der Waals surface area contributed by atoms with Crippen molar-refractivity contribution in [1.82, 2.24) is 0 Å². The van der Waals surface area contributed by atoms with Gasteiger partial charge in [-0.1, -0.05) is 0 Å². The summed E-state index contributed by atoms with van der Waals surface area (Å²) in [5.41, 5.74) is 0. The topological polar surface area (TPSA) is 54.4 Å².